The number of hydrogen-bond acceptors (Lipinski definition) is 4. The average molecular weight is 472 g/mol. The van der Waals surface area contributed by atoms with Crippen LogP contribution >= 0.6 is 0 Å². The van der Waals surface area contributed by atoms with Gasteiger partial charge < -0.3 is 20.6 Å². The zero-order chi connectivity index (χ0) is 25.3. The second-order valence-electron chi connectivity index (χ2n) is 10.5. The molecule has 0 spiro atoms. The number of aliphatic hydroxyl groups excluding tert-OH is 1. The van der Waals surface area contributed by atoms with Crippen molar-refractivity contribution in [2.45, 2.75) is 155 Å². The fraction of sp³-hybridized carbons (Fsp3) is 0.926. The second kappa shape index (κ2) is 17.3. The molecule has 3 unspecified atom stereocenters. The SMILES string of the molecule is CCCCCCCCCCCCCCCCCC(=O)NC(C)C(C)(C)C(O)(C(=O)O)C(C)O. The Labute approximate surface area is 202 Å². The molecule has 6 heteroatoms. The van der Waals surface area contributed by atoms with Crippen LogP contribution in [-0.2, 0) is 9.59 Å². The third-order valence-electron chi connectivity index (χ3n) is 7.38. The number of rotatable bonds is 21. The highest BCUT2D eigenvalue weighted by Crippen LogP contribution is 2.37. The Balaban J connectivity index is 3.87. The van der Waals surface area contributed by atoms with Crippen LogP contribution in [0.25, 0.3) is 0 Å². The molecule has 0 aliphatic rings. The summed E-state index contributed by atoms with van der Waals surface area (Å²) in [5, 5.41) is 32.7. The minimum absolute atomic E-state index is 0.149. The van der Waals surface area contributed by atoms with E-state index in [1.54, 1.807) is 20.8 Å². The minimum atomic E-state index is -2.35. The number of carbonyl (C=O) groups is 2. The third kappa shape index (κ3) is 11.7. The van der Waals surface area contributed by atoms with Crippen LogP contribution in [0.1, 0.15) is 137 Å². The predicted octanol–water partition coefficient (Wildman–Crippen LogP) is 5.98. The van der Waals surface area contributed by atoms with Crippen molar-refractivity contribution in [3.8, 4) is 0 Å². The number of carboxylic acids is 1. The Morgan fingerprint density at radius 2 is 1.12 bits per heavy atom. The largest absolute Gasteiger partial charge is 0.479 e. The molecule has 0 saturated carbocycles. The smallest absolute Gasteiger partial charge is 0.339 e. The number of hydrogen-bond donors (Lipinski definition) is 4. The minimum Gasteiger partial charge on any atom is -0.479 e. The van der Waals surface area contributed by atoms with Gasteiger partial charge in [-0.15, -0.1) is 0 Å². The zero-order valence-electron chi connectivity index (χ0n) is 22.1. The van der Waals surface area contributed by atoms with Crippen molar-refractivity contribution in [1.82, 2.24) is 5.32 Å². The van der Waals surface area contributed by atoms with Gasteiger partial charge >= 0.3 is 5.97 Å². The van der Waals surface area contributed by atoms with Crippen molar-refractivity contribution in [3.05, 3.63) is 0 Å². The molecule has 0 rings (SSSR count). The lowest BCUT2D eigenvalue weighted by Gasteiger charge is -2.45. The molecule has 196 valence electrons. The Morgan fingerprint density at radius 3 is 1.45 bits per heavy atom. The number of aliphatic hydroxyl groups is 2. The lowest BCUT2D eigenvalue weighted by Crippen LogP contribution is -2.65. The van der Waals surface area contributed by atoms with Crippen molar-refractivity contribution in [1.29, 1.82) is 0 Å². The molecule has 1 amide bonds. The van der Waals surface area contributed by atoms with Crippen molar-refractivity contribution in [2.24, 2.45) is 5.41 Å². The van der Waals surface area contributed by atoms with Gasteiger partial charge in [0.1, 0.15) is 0 Å². The normalized spacial score (nSPS) is 15.6. The first kappa shape index (κ1) is 31.9. The van der Waals surface area contributed by atoms with Crippen molar-refractivity contribution in [2.75, 3.05) is 0 Å². The molecule has 0 aromatic rings. The van der Waals surface area contributed by atoms with Gasteiger partial charge in [0, 0.05) is 17.9 Å². The van der Waals surface area contributed by atoms with E-state index < -0.39 is 29.1 Å². The lowest BCUT2D eigenvalue weighted by molar-refractivity contribution is -0.196. The summed E-state index contributed by atoms with van der Waals surface area (Å²) in [4.78, 5) is 23.9. The molecule has 6 nitrogen and oxygen atoms in total. The van der Waals surface area contributed by atoms with Gasteiger partial charge in [0.05, 0.1) is 6.10 Å². The molecular weight excluding hydrogens is 418 g/mol. The van der Waals surface area contributed by atoms with Gasteiger partial charge in [0.25, 0.3) is 0 Å². The summed E-state index contributed by atoms with van der Waals surface area (Å²) >= 11 is 0. The third-order valence-corrected chi connectivity index (χ3v) is 7.38. The van der Waals surface area contributed by atoms with Crippen molar-refractivity contribution >= 4 is 11.9 Å². The van der Waals surface area contributed by atoms with Crippen molar-refractivity contribution < 1.29 is 24.9 Å². The first-order valence-corrected chi connectivity index (χ1v) is 13.4. The summed E-state index contributed by atoms with van der Waals surface area (Å²) in [7, 11) is 0. The maximum atomic E-state index is 12.3. The molecule has 33 heavy (non-hydrogen) atoms. The first-order chi connectivity index (χ1) is 15.5. The average Bonchev–Trinajstić information content (AvgIpc) is 2.75. The first-order valence-electron chi connectivity index (χ1n) is 13.4. The van der Waals surface area contributed by atoms with E-state index in [1.807, 2.05) is 0 Å². The molecular formula is C27H53NO5. The van der Waals surface area contributed by atoms with Crippen LogP contribution in [-0.4, -0.2) is 44.9 Å². The van der Waals surface area contributed by atoms with Gasteiger partial charge in [-0.2, -0.15) is 0 Å². The Bertz CT molecular complexity index is 535. The molecule has 4 N–H and O–H groups in total. The molecule has 0 heterocycles. The summed E-state index contributed by atoms with van der Waals surface area (Å²) in [6.45, 7) is 8.27. The highest BCUT2D eigenvalue weighted by molar-refractivity contribution is 5.80. The molecule has 0 aromatic heterocycles. The standard InChI is InChI=1S/C27H53NO5/c1-6-7-8-9-10-11-12-13-14-15-16-17-18-19-20-21-24(30)28-22(2)26(4,5)27(33,23(3)29)25(31)32/h22-23,29,33H,6-21H2,1-5H3,(H,28,30)(H,31,32). The van der Waals surface area contributed by atoms with Crippen LogP contribution in [0.4, 0.5) is 0 Å². The van der Waals surface area contributed by atoms with E-state index in [2.05, 4.69) is 12.2 Å². The lowest BCUT2D eigenvalue weighted by atomic mass is 9.67. The van der Waals surface area contributed by atoms with Gasteiger partial charge in [0.2, 0.25) is 5.91 Å². The summed E-state index contributed by atoms with van der Waals surface area (Å²) in [6, 6.07) is -0.614. The fourth-order valence-electron chi connectivity index (χ4n) is 4.47. The maximum absolute atomic E-state index is 12.3. The van der Waals surface area contributed by atoms with E-state index >= 15 is 0 Å². The second-order valence-corrected chi connectivity index (χ2v) is 10.5. The number of unbranched alkanes of at least 4 members (excludes halogenated alkanes) is 14. The van der Waals surface area contributed by atoms with Crippen LogP contribution in [0.2, 0.25) is 0 Å². The molecule has 0 radical (unpaired) electrons. The van der Waals surface area contributed by atoms with Gasteiger partial charge in [-0.3, -0.25) is 4.79 Å². The number of aliphatic carboxylic acids is 1. The summed E-state index contributed by atoms with van der Waals surface area (Å²) < 4.78 is 0. The van der Waals surface area contributed by atoms with Crippen LogP contribution in [0, 0.1) is 5.41 Å². The van der Waals surface area contributed by atoms with E-state index in [0.29, 0.717) is 6.42 Å². The van der Waals surface area contributed by atoms with Gasteiger partial charge in [-0.05, 0) is 20.3 Å². The van der Waals surface area contributed by atoms with E-state index in [0.717, 1.165) is 19.3 Å². The number of amides is 1. The Kier molecular flexibility index (Phi) is 16.7. The van der Waals surface area contributed by atoms with E-state index in [4.69, 9.17) is 0 Å². The zero-order valence-corrected chi connectivity index (χ0v) is 22.1. The Morgan fingerprint density at radius 1 is 0.758 bits per heavy atom. The van der Waals surface area contributed by atoms with Crippen LogP contribution in [0.3, 0.4) is 0 Å². The van der Waals surface area contributed by atoms with Crippen LogP contribution in [0.15, 0.2) is 0 Å². The number of carboxylic acid groups (broad SMARTS) is 1. The number of nitrogens with one attached hydrogen (secondary N) is 1. The molecule has 3 atom stereocenters. The molecule has 0 aliphatic heterocycles. The summed E-state index contributed by atoms with van der Waals surface area (Å²) in [6.07, 6.45) is 18.0. The highest BCUT2D eigenvalue weighted by atomic mass is 16.4. The summed E-state index contributed by atoms with van der Waals surface area (Å²) in [5.41, 5.74) is -3.61. The van der Waals surface area contributed by atoms with Crippen LogP contribution < -0.4 is 5.32 Å². The van der Waals surface area contributed by atoms with Gasteiger partial charge in [0.15, 0.2) is 5.60 Å². The molecule has 0 aromatic carbocycles. The predicted molar refractivity (Wildman–Crippen MR) is 135 cm³/mol. The molecule has 0 bridgehead atoms. The topological polar surface area (TPSA) is 107 Å². The highest BCUT2D eigenvalue weighted by Gasteiger charge is 2.56. The van der Waals surface area contributed by atoms with Gasteiger partial charge in [-0.1, -0.05) is 111 Å². The Hall–Kier alpha value is -1.14. The fourth-order valence-corrected chi connectivity index (χ4v) is 4.47. The van der Waals surface area contributed by atoms with E-state index in [1.165, 1.54) is 84.0 Å². The molecule has 0 aliphatic carbocycles. The monoisotopic (exact) mass is 471 g/mol. The maximum Gasteiger partial charge on any atom is 0.339 e. The van der Waals surface area contributed by atoms with E-state index in [-0.39, 0.29) is 5.91 Å². The van der Waals surface area contributed by atoms with E-state index in [9.17, 15) is 24.9 Å². The molecule has 0 saturated heterocycles. The quantitative estimate of drug-likeness (QED) is 0.154. The number of carbonyl (C=O) groups excluding carboxylic acids is 1. The molecule has 0 fully saturated rings. The van der Waals surface area contributed by atoms with Crippen LogP contribution in [0.5, 0.6) is 0 Å². The van der Waals surface area contributed by atoms with Crippen molar-refractivity contribution in [3.63, 3.8) is 0 Å². The summed E-state index contributed by atoms with van der Waals surface area (Å²) in [5.74, 6) is -1.64. The van der Waals surface area contributed by atoms with Gasteiger partial charge in [-0.25, -0.2) is 4.79 Å².